The van der Waals surface area contributed by atoms with Gasteiger partial charge in [0.1, 0.15) is 11.6 Å². The molecule has 0 bridgehead atoms. The Kier molecular flexibility index (Phi) is 3.93. The van der Waals surface area contributed by atoms with E-state index in [-0.39, 0.29) is 17.8 Å². The molecule has 1 aromatic heterocycles. The molecule has 4 nitrogen and oxygen atoms in total. The van der Waals surface area contributed by atoms with Gasteiger partial charge >= 0.3 is 0 Å². The molecule has 0 amide bonds. The van der Waals surface area contributed by atoms with Crippen molar-refractivity contribution in [2.45, 2.75) is 37.8 Å². The second-order valence-electron chi connectivity index (χ2n) is 7.20. The molecular weight excluding hydrogens is 307 g/mol. The van der Waals surface area contributed by atoms with Crippen LogP contribution < -0.4 is 4.90 Å². The second kappa shape index (κ2) is 5.97. The maximum atomic E-state index is 13.5. The summed E-state index contributed by atoms with van der Waals surface area (Å²) in [6.45, 7) is 4.02. The van der Waals surface area contributed by atoms with E-state index in [1.807, 2.05) is 19.1 Å². The Morgan fingerprint density at radius 1 is 1.33 bits per heavy atom. The van der Waals surface area contributed by atoms with Crippen molar-refractivity contribution in [3.63, 3.8) is 0 Å². The Morgan fingerprint density at radius 3 is 3.00 bits per heavy atom. The van der Waals surface area contributed by atoms with Crippen molar-refractivity contribution in [3.05, 3.63) is 36.1 Å². The van der Waals surface area contributed by atoms with Crippen LogP contribution in [0.1, 0.15) is 26.2 Å². The zero-order valence-corrected chi connectivity index (χ0v) is 13.9. The van der Waals surface area contributed by atoms with Crippen LogP contribution >= 0.6 is 0 Å². The molecule has 2 aliphatic rings. The van der Waals surface area contributed by atoms with E-state index in [0.717, 1.165) is 30.6 Å². The van der Waals surface area contributed by atoms with Gasteiger partial charge in [-0.05, 0) is 50.5 Å². The normalized spacial score (nSPS) is 30.9. The summed E-state index contributed by atoms with van der Waals surface area (Å²) in [5, 5.41) is 11.7. The summed E-state index contributed by atoms with van der Waals surface area (Å²) in [5.41, 5.74) is -0.0427. The predicted octanol–water partition coefficient (Wildman–Crippen LogP) is 3.13. The molecule has 2 aliphatic heterocycles. The van der Waals surface area contributed by atoms with Crippen LogP contribution in [0.3, 0.4) is 0 Å². The summed E-state index contributed by atoms with van der Waals surface area (Å²) >= 11 is 0. The number of hydrogen-bond acceptors (Lipinski definition) is 4. The van der Waals surface area contributed by atoms with Crippen molar-refractivity contribution >= 4 is 16.7 Å². The number of hydrogen-bond donors (Lipinski definition) is 1. The highest BCUT2D eigenvalue weighted by molar-refractivity contribution is 5.80. The molecule has 128 valence electrons. The highest BCUT2D eigenvalue weighted by Gasteiger charge is 2.44. The largest absolute Gasteiger partial charge is 0.390 e. The van der Waals surface area contributed by atoms with E-state index in [4.69, 9.17) is 4.74 Å². The SMILES string of the molecule is C[C@]1(O)CCOC[C@@H]1[C@@H]1CCCN1c1ccc2ccc(F)cc2n1. The smallest absolute Gasteiger partial charge is 0.129 e. The summed E-state index contributed by atoms with van der Waals surface area (Å²) in [6.07, 6.45) is 2.76. The Balaban J connectivity index is 1.67. The molecule has 0 radical (unpaired) electrons. The molecule has 0 unspecified atom stereocenters. The standard InChI is InChI=1S/C19H23FN2O2/c1-19(23)8-10-24-12-15(19)17-3-2-9-22(17)18-7-5-13-4-6-14(20)11-16(13)21-18/h4-7,11,15,17,23H,2-3,8-10,12H2,1H3/t15-,17+,19+/m1/s1. The summed E-state index contributed by atoms with van der Waals surface area (Å²) in [5.74, 6) is 0.657. The summed E-state index contributed by atoms with van der Waals surface area (Å²) in [7, 11) is 0. The van der Waals surface area contributed by atoms with Crippen LogP contribution in [-0.4, -0.2) is 41.5 Å². The van der Waals surface area contributed by atoms with Gasteiger partial charge in [-0.2, -0.15) is 0 Å². The number of aromatic nitrogens is 1. The molecule has 0 spiro atoms. The van der Waals surface area contributed by atoms with Gasteiger partial charge in [-0.3, -0.25) is 0 Å². The zero-order chi connectivity index (χ0) is 16.7. The molecule has 5 heteroatoms. The molecular formula is C19H23FN2O2. The van der Waals surface area contributed by atoms with Crippen molar-refractivity contribution < 1.29 is 14.2 Å². The van der Waals surface area contributed by atoms with Gasteiger partial charge < -0.3 is 14.7 Å². The van der Waals surface area contributed by atoms with Crippen molar-refractivity contribution in [1.29, 1.82) is 0 Å². The lowest BCUT2D eigenvalue weighted by atomic mass is 9.79. The van der Waals surface area contributed by atoms with Crippen LogP contribution in [0, 0.1) is 11.7 Å². The average molecular weight is 330 g/mol. The number of aliphatic hydroxyl groups is 1. The molecule has 2 fully saturated rings. The van der Waals surface area contributed by atoms with E-state index in [2.05, 4.69) is 9.88 Å². The maximum Gasteiger partial charge on any atom is 0.129 e. The second-order valence-corrected chi connectivity index (χ2v) is 7.20. The molecule has 0 saturated carbocycles. The Bertz CT molecular complexity index is 749. The van der Waals surface area contributed by atoms with Crippen LogP contribution in [0.25, 0.3) is 10.9 Å². The first-order chi connectivity index (χ1) is 11.5. The van der Waals surface area contributed by atoms with Gasteiger partial charge in [-0.25, -0.2) is 9.37 Å². The van der Waals surface area contributed by atoms with Gasteiger partial charge in [0.05, 0.1) is 17.7 Å². The van der Waals surface area contributed by atoms with E-state index in [1.165, 1.54) is 12.1 Å². The highest BCUT2D eigenvalue weighted by Crippen LogP contribution is 2.37. The molecule has 3 atom stereocenters. The van der Waals surface area contributed by atoms with E-state index < -0.39 is 5.60 Å². The van der Waals surface area contributed by atoms with E-state index in [9.17, 15) is 9.50 Å². The number of pyridine rings is 1. The Hall–Kier alpha value is -1.72. The van der Waals surface area contributed by atoms with Gasteiger partial charge in [-0.15, -0.1) is 0 Å². The van der Waals surface area contributed by atoms with Crippen molar-refractivity contribution in [2.24, 2.45) is 5.92 Å². The summed E-state index contributed by atoms with van der Waals surface area (Å²) in [6, 6.07) is 8.88. The molecule has 3 heterocycles. The maximum absolute atomic E-state index is 13.5. The van der Waals surface area contributed by atoms with Gasteiger partial charge in [-0.1, -0.05) is 0 Å². The molecule has 2 saturated heterocycles. The van der Waals surface area contributed by atoms with Crippen molar-refractivity contribution in [1.82, 2.24) is 4.98 Å². The van der Waals surface area contributed by atoms with Gasteiger partial charge in [0, 0.05) is 36.6 Å². The first-order valence-electron chi connectivity index (χ1n) is 8.68. The molecule has 4 rings (SSSR count). The summed E-state index contributed by atoms with van der Waals surface area (Å²) < 4.78 is 19.2. The van der Waals surface area contributed by atoms with E-state index in [1.54, 1.807) is 6.07 Å². The van der Waals surface area contributed by atoms with E-state index >= 15 is 0 Å². The van der Waals surface area contributed by atoms with E-state index in [0.29, 0.717) is 25.2 Å². The first kappa shape index (κ1) is 15.8. The van der Waals surface area contributed by atoms with Crippen LogP contribution in [-0.2, 0) is 4.74 Å². The lowest BCUT2D eigenvalue weighted by Crippen LogP contribution is -2.52. The summed E-state index contributed by atoms with van der Waals surface area (Å²) in [4.78, 5) is 6.94. The van der Waals surface area contributed by atoms with Gasteiger partial charge in [0.15, 0.2) is 0 Å². The third-order valence-corrected chi connectivity index (χ3v) is 5.55. The minimum atomic E-state index is -0.714. The number of fused-ring (bicyclic) bond motifs is 1. The fourth-order valence-corrected chi connectivity index (χ4v) is 4.11. The monoisotopic (exact) mass is 330 g/mol. The molecule has 24 heavy (non-hydrogen) atoms. The third kappa shape index (κ3) is 2.76. The van der Waals surface area contributed by atoms with Crippen molar-refractivity contribution in [3.8, 4) is 0 Å². The number of halogens is 1. The number of ether oxygens (including phenoxy) is 1. The van der Waals surface area contributed by atoms with Crippen LogP contribution in [0.5, 0.6) is 0 Å². The fraction of sp³-hybridized carbons (Fsp3) is 0.526. The molecule has 1 aromatic carbocycles. The number of benzene rings is 1. The van der Waals surface area contributed by atoms with Gasteiger partial charge in [0.25, 0.3) is 0 Å². The molecule has 2 aromatic rings. The third-order valence-electron chi connectivity index (χ3n) is 5.55. The predicted molar refractivity (Wildman–Crippen MR) is 91.6 cm³/mol. The fourth-order valence-electron chi connectivity index (χ4n) is 4.11. The van der Waals surface area contributed by atoms with Gasteiger partial charge in [0.2, 0.25) is 0 Å². The number of rotatable bonds is 2. The Morgan fingerprint density at radius 2 is 2.17 bits per heavy atom. The van der Waals surface area contributed by atoms with Crippen LogP contribution in [0.4, 0.5) is 10.2 Å². The minimum Gasteiger partial charge on any atom is -0.390 e. The first-order valence-corrected chi connectivity index (χ1v) is 8.68. The molecule has 1 N–H and O–H groups in total. The van der Waals surface area contributed by atoms with Crippen LogP contribution in [0.2, 0.25) is 0 Å². The average Bonchev–Trinajstić information content (AvgIpc) is 3.03. The lowest BCUT2D eigenvalue weighted by Gasteiger charge is -2.43. The van der Waals surface area contributed by atoms with Crippen molar-refractivity contribution in [2.75, 3.05) is 24.7 Å². The lowest BCUT2D eigenvalue weighted by molar-refractivity contribution is -0.108. The minimum absolute atomic E-state index is 0.0683. The topological polar surface area (TPSA) is 45.6 Å². The highest BCUT2D eigenvalue weighted by atomic mass is 19.1. The van der Waals surface area contributed by atoms with Crippen LogP contribution in [0.15, 0.2) is 30.3 Å². The zero-order valence-electron chi connectivity index (χ0n) is 13.9. The molecule has 0 aliphatic carbocycles. The number of anilines is 1. The quantitative estimate of drug-likeness (QED) is 0.919. The Labute approximate surface area is 141 Å². The number of nitrogens with zero attached hydrogens (tertiary/aromatic N) is 2.